The van der Waals surface area contributed by atoms with Gasteiger partial charge in [0.1, 0.15) is 0 Å². The van der Waals surface area contributed by atoms with Gasteiger partial charge in [-0.05, 0) is 55.7 Å². The Morgan fingerprint density at radius 2 is 1.83 bits per heavy atom. The predicted octanol–water partition coefficient (Wildman–Crippen LogP) is 4.32. The molecule has 2 aliphatic carbocycles. The Morgan fingerprint density at radius 1 is 1.11 bits per heavy atom. The van der Waals surface area contributed by atoms with Gasteiger partial charge in [0.25, 0.3) is 0 Å². The standard InChI is InChI=1S/C16H31NS/c1-4-17-15-10-12(2)9-13(3)16(15)18-11-14-7-5-6-8-14/h12-17H,4-11H2,1-3H3. The van der Waals surface area contributed by atoms with Crippen molar-refractivity contribution in [3.05, 3.63) is 0 Å². The number of nitrogens with one attached hydrogen (secondary N) is 1. The molecule has 4 atom stereocenters. The van der Waals surface area contributed by atoms with E-state index in [1.165, 1.54) is 44.3 Å². The molecule has 0 bridgehead atoms. The normalized spacial score (nSPS) is 38.2. The molecule has 0 aromatic heterocycles. The molecule has 0 amide bonds. The molecule has 2 saturated carbocycles. The van der Waals surface area contributed by atoms with Gasteiger partial charge in [0.2, 0.25) is 0 Å². The molecule has 2 heteroatoms. The summed E-state index contributed by atoms with van der Waals surface area (Å²) in [6, 6.07) is 0.764. The van der Waals surface area contributed by atoms with Crippen molar-refractivity contribution in [1.82, 2.24) is 5.32 Å². The summed E-state index contributed by atoms with van der Waals surface area (Å²) in [5, 5.41) is 4.61. The zero-order chi connectivity index (χ0) is 13.0. The number of hydrogen-bond donors (Lipinski definition) is 1. The maximum absolute atomic E-state index is 3.75. The molecule has 4 unspecified atom stereocenters. The smallest absolute Gasteiger partial charge is 0.0227 e. The molecule has 0 aliphatic heterocycles. The number of rotatable bonds is 5. The number of hydrogen-bond acceptors (Lipinski definition) is 2. The van der Waals surface area contributed by atoms with Crippen LogP contribution >= 0.6 is 11.8 Å². The third-order valence-electron chi connectivity index (χ3n) is 4.85. The first kappa shape index (κ1) is 14.7. The third-order valence-corrected chi connectivity index (χ3v) is 6.70. The average molecular weight is 269 g/mol. The van der Waals surface area contributed by atoms with Crippen molar-refractivity contribution in [2.75, 3.05) is 12.3 Å². The third kappa shape index (κ3) is 3.90. The van der Waals surface area contributed by atoms with E-state index in [1.807, 2.05) is 0 Å². The molecular formula is C16H31NS. The Hall–Kier alpha value is 0.310. The van der Waals surface area contributed by atoms with E-state index in [9.17, 15) is 0 Å². The first-order chi connectivity index (χ1) is 8.70. The maximum atomic E-state index is 3.75. The zero-order valence-corrected chi connectivity index (χ0v) is 13.3. The van der Waals surface area contributed by atoms with E-state index in [0.29, 0.717) is 0 Å². The molecule has 2 aliphatic rings. The monoisotopic (exact) mass is 269 g/mol. The van der Waals surface area contributed by atoms with Gasteiger partial charge in [0, 0.05) is 11.3 Å². The molecule has 0 heterocycles. The highest BCUT2D eigenvalue weighted by Gasteiger charge is 2.34. The Balaban J connectivity index is 1.85. The first-order valence-corrected chi connectivity index (χ1v) is 9.10. The summed E-state index contributed by atoms with van der Waals surface area (Å²) in [6.07, 6.45) is 8.79. The van der Waals surface area contributed by atoms with Gasteiger partial charge in [-0.3, -0.25) is 0 Å². The van der Waals surface area contributed by atoms with Crippen LogP contribution in [0.5, 0.6) is 0 Å². The van der Waals surface area contributed by atoms with Gasteiger partial charge in [-0.15, -0.1) is 0 Å². The van der Waals surface area contributed by atoms with Gasteiger partial charge in [-0.1, -0.05) is 33.6 Å². The number of thioether (sulfide) groups is 1. The minimum absolute atomic E-state index is 0.764. The van der Waals surface area contributed by atoms with E-state index in [4.69, 9.17) is 0 Å². The van der Waals surface area contributed by atoms with Crippen LogP contribution in [0.25, 0.3) is 0 Å². The van der Waals surface area contributed by atoms with E-state index in [-0.39, 0.29) is 0 Å². The van der Waals surface area contributed by atoms with Crippen molar-refractivity contribution in [3.8, 4) is 0 Å². The van der Waals surface area contributed by atoms with Crippen molar-refractivity contribution in [1.29, 1.82) is 0 Å². The topological polar surface area (TPSA) is 12.0 Å². The van der Waals surface area contributed by atoms with Crippen molar-refractivity contribution in [3.63, 3.8) is 0 Å². The fourth-order valence-electron chi connectivity index (χ4n) is 4.00. The zero-order valence-electron chi connectivity index (χ0n) is 12.5. The van der Waals surface area contributed by atoms with Crippen LogP contribution in [0.1, 0.15) is 59.3 Å². The molecule has 2 rings (SSSR count). The molecule has 0 radical (unpaired) electrons. The quantitative estimate of drug-likeness (QED) is 0.797. The van der Waals surface area contributed by atoms with E-state index in [1.54, 1.807) is 0 Å². The lowest BCUT2D eigenvalue weighted by atomic mass is 9.80. The average Bonchev–Trinajstić information content (AvgIpc) is 2.81. The Morgan fingerprint density at radius 3 is 2.50 bits per heavy atom. The lowest BCUT2D eigenvalue weighted by Crippen LogP contribution is -2.46. The Labute approximate surface area is 118 Å². The Bertz CT molecular complexity index is 237. The molecule has 106 valence electrons. The fraction of sp³-hybridized carbons (Fsp3) is 1.00. The molecular weight excluding hydrogens is 238 g/mol. The van der Waals surface area contributed by atoms with Gasteiger partial charge < -0.3 is 5.32 Å². The second kappa shape index (κ2) is 7.19. The van der Waals surface area contributed by atoms with Gasteiger partial charge >= 0.3 is 0 Å². The van der Waals surface area contributed by atoms with Gasteiger partial charge in [-0.2, -0.15) is 11.8 Å². The van der Waals surface area contributed by atoms with E-state index in [2.05, 4.69) is 37.8 Å². The van der Waals surface area contributed by atoms with Crippen molar-refractivity contribution < 1.29 is 0 Å². The molecule has 18 heavy (non-hydrogen) atoms. The van der Waals surface area contributed by atoms with Gasteiger partial charge in [0.05, 0.1) is 0 Å². The van der Waals surface area contributed by atoms with Crippen LogP contribution in [0.15, 0.2) is 0 Å². The minimum atomic E-state index is 0.764. The van der Waals surface area contributed by atoms with E-state index in [0.717, 1.165) is 35.6 Å². The minimum Gasteiger partial charge on any atom is -0.313 e. The molecule has 1 nitrogen and oxygen atoms in total. The summed E-state index contributed by atoms with van der Waals surface area (Å²) >= 11 is 2.29. The Kier molecular flexibility index (Phi) is 5.88. The predicted molar refractivity (Wildman–Crippen MR) is 83.2 cm³/mol. The molecule has 0 saturated heterocycles. The van der Waals surface area contributed by atoms with Crippen LogP contribution in [-0.2, 0) is 0 Å². The largest absolute Gasteiger partial charge is 0.313 e. The van der Waals surface area contributed by atoms with Crippen molar-refractivity contribution in [2.45, 2.75) is 70.6 Å². The highest BCUT2D eigenvalue weighted by molar-refractivity contribution is 8.00. The highest BCUT2D eigenvalue weighted by atomic mass is 32.2. The summed E-state index contributed by atoms with van der Waals surface area (Å²) in [7, 11) is 0. The summed E-state index contributed by atoms with van der Waals surface area (Å²) in [4.78, 5) is 0. The van der Waals surface area contributed by atoms with Gasteiger partial charge in [0.15, 0.2) is 0 Å². The highest BCUT2D eigenvalue weighted by Crippen LogP contribution is 2.39. The second-order valence-corrected chi connectivity index (χ2v) is 7.88. The van der Waals surface area contributed by atoms with Gasteiger partial charge in [-0.25, -0.2) is 0 Å². The summed E-state index contributed by atoms with van der Waals surface area (Å²) < 4.78 is 0. The summed E-state index contributed by atoms with van der Waals surface area (Å²) in [6.45, 7) is 8.29. The molecule has 0 spiro atoms. The van der Waals surface area contributed by atoms with Crippen LogP contribution in [0, 0.1) is 17.8 Å². The maximum Gasteiger partial charge on any atom is 0.0227 e. The lowest BCUT2D eigenvalue weighted by Gasteiger charge is -2.40. The SMILES string of the molecule is CCNC1CC(C)CC(C)C1SCC1CCCC1. The molecule has 2 fully saturated rings. The second-order valence-electron chi connectivity index (χ2n) is 6.67. The molecule has 1 N–H and O–H groups in total. The van der Waals surface area contributed by atoms with Crippen LogP contribution in [-0.4, -0.2) is 23.6 Å². The van der Waals surface area contributed by atoms with Crippen LogP contribution in [0.3, 0.4) is 0 Å². The van der Waals surface area contributed by atoms with Crippen LogP contribution in [0.2, 0.25) is 0 Å². The van der Waals surface area contributed by atoms with Crippen molar-refractivity contribution in [2.24, 2.45) is 17.8 Å². The fourth-order valence-corrected chi connectivity index (χ4v) is 5.70. The lowest BCUT2D eigenvalue weighted by molar-refractivity contribution is 0.251. The van der Waals surface area contributed by atoms with Crippen LogP contribution < -0.4 is 5.32 Å². The summed E-state index contributed by atoms with van der Waals surface area (Å²) in [5.74, 6) is 4.26. The first-order valence-electron chi connectivity index (χ1n) is 8.05. The van der Waals surface area contributed by atoms with E-state index < -0.39 is 0 Å². The molecule has 0 aromatic rings. The van der Waals surface area contributed by atoms with E-state index >= 15 is 0 Å². The summed E-state index contributed by atoms with van der Waals surface area (Å²) in [5.41, 5.74) is 0. The molecule has 0 aromatic carbocycles. The van der Waals surface area contributed by atoms with Crippen LogP contribution in [0.4, 0.5) is 0 Å². The van der Waals surface area contributed by atoms with Crippen molar-refractivity contribution >= 4 is 11.8 Å².